The number of rotatable bonds is 7. The van der Waals surface area contributed by atoms with Crippen LogP contribution in [0.3, 0.4) is 0 Å². The highest BCUT2D eigenvalue weighted by Crippen LogP contribution is 2.34. The van der Waals surface area contributed by atoms with Crippen molar-refractivity contribution < 1.29 is 23.4 Å². The molecule has 2 aromatic rings. The molecule has 1 aliphatic heterocycles. The number of carbonyl (C=O) groups excluding carboxylic acids is 1. The lowest BCUT2D eigenvalue weighted by Gasteiger charge is -2.47. The molecular weight excluding hydrogens is 458 g/mol. The number of hydrogen-bond acceptors (Lipinski definition) is 5. The van der Waals surface area contributed by atoms with Crippen molar-refractivity contribution in [3.63, 3.8) is 0 Å². The predicted octanol–water partition coefficient (Wildman–Crippen LogP) is 3.99. The Bertz CT molecular complexity index is 869. The number of nitrogens with one attached hydrogen (secondary N) is 1. The third-order valence-electron chi connectivity index (χ3n) is 5.52. The molecule has 0 unspecified atom stereocenters. The van der Waals surface area contributed by atoms with Gasteiger partial charge in [0.1, 0.15) is 6.10 Å². The van der Waals surface area contributed by atoms with Gasteiger partial charge in [-0.3, -0.25) is 0 Å². The number of hydrogen-bond donors (Lipinski definition) is 2. The Labute approximate surface area is 183 Å². The fourth-order valence-electron chi connectivity index (χ4n) is 3.95. The van der Waals surface area contributed by atoms with Gasteiger partial charge in [0, 0.05) is 24.1 Å². The Hall–Kier alpha value is -2.03. The molecule has 0 aliphatic carbocycles. The minimum atomic E-state index is -2.89. The van der Waals surface area contributed by atoms with Crippen LogP contribution in [0.1, 0.15) is 28.8 Å². The normalized spacial score (nSPS) is 20.3. The zero-order valence-corrected chi connectivity index (χ0v) is 18.2. The summed E-state index contributed by atoms with van der Waals surface area (Å²) < 4.78 is 32.9. The van der Waals surface area contributed by atoms with Crippen molar-refractivity contribution in [2.45, 2.75) is 37.5 Å². The van der Waals surface area contributed by atoms with E-state index in [0.717, 1.165) is 5.56 Å². The van der Waals surface area contributed by atoms with Crippen LogP contribution in [0, 0.1) is 0 Å². The smallest absolute Gasteiger partial charge is 0.340 e. The second-order valence-corrected chi connectivity index (χ2v) is 8.37. The highest BCUT2D eigenvalue weighted by atomic mass is 79.9. The summed E-state index contributed by atoms with van der Waals surface area (Å²) in [6, 6.07) is 14.7. The summed E-state index contributed by atoms with van der Waals surface area (Å²) in [5, 5.41) is 13.7. The quantitative estimate of drug-likeness (QED) is 0.584. The topological polar surface area (TPSA) is 61.8 Å². The van der Waals surface area contributed by atoms with Crippen molar-refractivity contribution in [2.75, 3.05) is 25.1 Å². The van der Waals surface area contributed by atoms with Gasteiger partial charge in [-0.15, -0.1) is 0 Å². The van der Waals surface area contributed by atoms with E-state index in [4.69, 9.17) is 4.74 Å². The zero-order valence-electron chi connectivity index (χ0n) is 16.7. The number of ether oxygens (including phenoxy) is 1. The van der Waals surface area contributed by atoms with E-state index in [-0.39, 0.29) is 6.54 Å². The first-order valence-corrected chi connectivity index (χ1v) is 10.5. The van der Waals surface area contributed by atoms with E-state index in [1.165, 1.54) is 7.11 Å². The average Bonchev–Trinajstić information content (AvgIpc) is 2.77. The molecule has 0 saturated carbocycles. The molecule has 0 radical (unpaired) electrons. The lowest BCUT2D eigenvalue weighted by molar-refractivity contribution is -0.0657. The number of nitrogens with zero attached hydrogens (tertiary/aromatic N) is 1. The van der Waals surface area contributed by atoms with Crippen LogP contribution in [0.25, 0.3) is 0 Å². The molecule has 30 heavy (non-hydrogen) atoms. The molecule has 1 saturated heterocycles. The minimum absolute atomic E-state index is 0.136. The molecule has 162 valence electrons. The van der Waals surface area contributed by atoms with Crippen LogP contribution in [0.5, 0.6) is 0 Å². The molecule has 0 amide bonds. The van der Waals surface area contributed by atoms with Gasteiger partial charge in [-0.1, -0.05) is 46.3 Å². The van der Waals surface area contributed by atoms with E-state index in [1.54, 1.807) is 18.2 Å². The van der Waals surface area contributed by atoms with Gasteiger partial charge in [0.05, 0.1) is 23.9 Å². The molecule has 5 nitrogen and oxygen atoms in total. The van der Waals surface area contributed by atoms with Crippen LogP contribution in [0.15, 0.2) is 53.0 Å². The van der Waals surface area contributed by atoms with Crippen LogP contribution in [0.2, 0.25) is 0 Å². The first-order valence-electron chi connectivity index (χ1n) is 9.74. The average molecular weight is 483 g/mol. The van der Waals surface area contributed by atoms with Crippen LogP contribution in [0.4, 0.5) is 14.5 Å². The van der Waals surface area contributed by atoms with E-state index in [1.807, 2.05) is 35.2 Å². The Morgan fingerprint density at radius 1 is 1.30 bits per heavy atom. The molecule has 2 N–H and O–H groups in total. The molecule has 1 fully saturated rings. The number of aliphatic hydroxyl groups is 1. The summed E-state index contributed by atoms with van der Waals surface area (Å²) in [6.45, 7) is 1.07. The van der Waals surface area contributed by atoms with Gasteiger partial charge in [0.15, 0.2) is 0 Å². The van der Waals surface area contributed by atoms with Gasteiger partial charge in [0.2, 0.25) is 0 Å². The second-order valence-electron chi connectivity index (χ2n) is 7.45. The Kier molecular flexibility index (Phi) is 7.44. The van der Waals surface area contributed by atoms with E-state index in [0.29, 0.717) is 41.7 Å². The van der Waals surface area contributed by atoms with Crippen LogP contribution in [-0.4, -0.2) is 49.3 Å². The van der Waals surface area contributed by atoms with Crippen molar-refractivity contribution in [1.29, 1.82) is 0 Å². The standard InChI is InChI=1S/C22H25BrF2N2O3/c1-30-21(29)17-12-16(23)8-9-18(17)27-11-5-10-22(14-27,19(28)20(24)25)26-13-15-6-3-2-4-7-15/h2-4,6-9,12,19-20,26,28H,5,10-11,13-14H2,1H3/t19-,22-/m1/s1. The number of alkyl halides is 2. The van der Waals surface area contributed by atoms with Gasteiger partial charge in [-0.25, -0.2) is 13.6 Å². The van der Waals surface area contributed by atoms with Crippen molar-refractivity contribution in [2.24, 2.45) is 0 Å². The van der Waals surface area contributed by atoms with Gasteiger partial charge in [0.25, 0.3) is 6.43 Å². The molecular formula is C22H25BrF2N2O3. The van der Waals surface area contributed by atoms with Crippen molar-refractivity contribution in [3.8, 4) is 0 Å². The summed E-state index contributed by atoms with van der Waals surface area (Å²) in [5.74, 6) is -0.505. The van der Waals surface area contributed by atoms with E-state index in [9.17, 15) is 18.7 Å². The lowest BCUT2D eigenvalue weighted by atomic mass is 9.82. The predicted molar refractivity (Wildman–Crippen MR) is 115 cm³/mol. The molecule has 1 aliphatic rings. The second kappa shape index (κ2) is 9.85. The molecule has 3 rings (SSSR count). The molecule has 1 heterocycles. The first-order chi connectivity index (χ1) is 14.4. The van der Waals surface area contributed by atoms with E-state index >= 15 is 0 Å². The number of carbonyl (C=O) groups is 1. The summed E-state index contributed by atoms with van der Waals surface area (Å²) >= 11 is 3.36. The number of aliphatic hydroxyl groups excluding tert-OH is 1. The number of piperidine rings is 1. The maximum absolute atomic E-state index is 13.6. The highest BCUT2D eigenvalue weighted by Gasteiger charge is 2.46. The van der Waals surface area contributed by atoms with Gasteiger partial charge >= 0.3 is 5.97 Å². The van der Waals surface area contributed by atoms with Gasteiger partial charge in [-0.05, 0) is 36.6 Å². The Morgan fingerprint density at radius 3 is 2.70 bits per heavy atom. The fourth-order valence-corrected chi connectivity index (χ4v) is 4.31. The van der Waals surface area contributed by atoms with E-state index in [2.05, 4.69) is 21.2 Å². The summed E-state index contributed by atoms with van der Waals surface area (Å²) in [5.41, 5.74) is 0.659. The van der Waals surface area contributed by atoms with Gasteiger partial charge in [-0.2, -0.15) is 0 Å². The van der Waals surface area contributed by atoms with E-state index < -0.39 is 24.0 Å². The molecule has 0 bridgehead atoms. The van der Waals surface area contributed by atoms with Crippen molar-refractivity contribution in [1.82, 2.24) is 5.32 Å². The Balaban J connectivity index is 1.91. The number of esters is 1. The molecule has 0 spiro atoms. The maximum atomic E-state index is 13.6. The monoisotopic (exact) mass is 482 g/mol. The largest absolute Gasteiger partial charge is 0.465 e. The van der Waals surface area contributed by atoms with Crippen LogP contribution < -0.4 is 10.2 Å². The molecule has 2 atom stereocenters. The molecule has 8 heteroatoms. The first kappa shape index (κ1) is 22.7. The number of methoxy groups -OCH3 is 1. The van der Waals surface area contributed by atoms with Crippen LogP contribution in [-0.2, 0) is 11.3 Å². The van der Waals surface area contributed by atoms with Gasteiger partial charge < -0.3 is 20.1 Å². The lowest BCUT2D eigenvalue weighted by Crippen LogP contribution is -2.65. The van der Waals surface area contributed by atoms with Crippen LogP contribution >= 0.6 is 15.9 Å². The summed E-state index contributed by atoms with van der Waals surface area (Å²) in [4.78, 5) is 14.2. The molecule has 2 aromatic carbocycles. The molecule has 0 aromatic heterocycles. The summed E-state index contributed by atoms with van der Waals surface area (Å²) in [7, 11) is 1.30. The van der Waals surface area contributed by atoms with Crippen molar-refractivity contribution in [3.05, 3.63) is 64.1 Å². The highest BCUT2D eigenvalue weighted by molar-refractivity contribution is 9.10. The van der Waals surface area contributed by atoms with Crippen molar-refractivity contribution >= 4 is 27.6 Å². The minimum Gasteiger partial charge on any atom is -0.465 e. The Morgan fingerprint density at radius 2 is 2.03 bits per heavy atom. The maximum Gasteiger partial charge on any atom is 0.340 e. The number of halogens is 3. The number of benzene rings is 2. The third-order valence-corrected chi connectivity index (χ3v) is 6.01. The number of anilines is 1. The fraction of sp³-hybridized carbons (Fsp3) is 0.409. The zero-order chi connectivity index (χ0) is 21.7. The third kappa shape index (κ3) is 4.99. The SMILES string of the molecule is COC(=O)c1cc(Br)ccc1N1CCC[C@](NCc2ccccc2)([C@H](O)C(F)F)C1. The summed E-state index contributed by atoms with van der Waals surface area (Å²) in [6.07, 6.45) is -3.76.